The van der Waals surface area contributed by atoms with Crippen molar-refractivity contribution in [2.24, 2.45) is 0 Å². The van der Waals surface area contributed by atoms with Gasteiger partial charge in [0, 0.05) is 23.5 Å². The molecule has 0 fully saturated rings. The molecule has 1 aliphatic carbocycles. The summed E-state index contributed by atoms with van der Waals surface area (Å²) in [5.74, 6) is 0.0615. The average molecular weight is 481 g/mol. The van der Waals surface area contributed by atoms with Crippen molar-refractivity contribution in [3.8, 4) is 17.1 Å². The van der Waals surface area contributed by atoms with E-state index in [4.69, 9.17) is 19.1 Å². The fourth-order valence-electron chi connectivity index (χ4n) is 3.72. The number of fused-ring (bicyclic) bond motifs is 1. The van der Waals surface area contributed by atoms with Crippen molar-refractivity contribution in [3.63, 3.8) is 0 Å². The van der Waals surface area contributed by atoms with E-state index in [1.165, 1.54) is 11.6 Å². The Kier molecular flexibility index (Phi) is 7.09. The topological polar surface area (TPSA) is 70.0 Å². The molecule has 3 heterocycles. The summed E-state index contributed by atoms with van der Waals surface area (Å²) in [6.45, 7) is 11.6. The van der Waals surface area contributed by atoms with E-state index in [0.29, 0.717) is 12.5 Å². The van der Waals surface area contributed by atoms with Crippen LogP contribution in [0.1, 0.15) is 56.3 Å². The van der Waals surface area contributed by atoms with Gasteiger partial charge in [-0.25, -0.2) is 14.4 Å². The normalized spacial score (nSPS) is 14.1. The molecule has 0 aromatic carbocycles. The lowest BCUT2D eigenvalue weighted by molar-refractivity contribution is 0.271. The highest BCUT2D eigenvalue weighted by Gasteiger charge is 2.37. The zero-order valence-corrected chi connectivity index (χ0v) is 21.7. The van der Waals surface area contributed by atoms with Gasteiger partial charge in [-0.2, -0.15) is 0 Å². The van der Waals surface area contributed by atoms with Gasteiger partial charge in [0.15, 0.2) is 8.32 Å². The Morgan fingerprint density at radius 2 is 1.85 bits per heavy atom. The molecule has 0 saturated heterocycles. The first-order valence-electron chi connectivity index (χ1n) is 11.8. The molecule has 0 N–H and O–H groups in total. The Morgan fingerprint density at radius 1 is 1.06 bits per heavy atom. The van der Waals surface area contributed by atoms with Crippen LogP contribution >= 0.6 is 0 Å². The maximum Gasteiger partial charge on any atom is 0.214 e. The molecule has 8 heteroatoms. The van der Waals surface area contributed by atoms with Crippen molar-refractivity contribution in [2.45, 2.75) is 77.8 Å². The molecule has 0 radical (unpaired) electrons. The zero-order valence-electron chi connectivity index (χ0n) is 20.7. The van der Waals surface area contributed by atoms with Gasteiger partial charge in [-0.1, -0.05) is 20.8 Å². The third-order valence-electron chi connectivity index (χ3n) is 6.82. The predicted octanol–water partition coefficient (Wildman–Crippen LogP) is 6.05. The van der Waals surface area contributed by atoms with Gasteiger partial charge >= 0.3 is 0 Å². The minimum absolute atomic E-state index is 0.0178. The molecular weight excluding hydrogens is 447 g/mol. The quantitative estimate of drug-likeness (QED) is 0.383. The van der Waals surface area contributed by atoms with Crippen LogP contribution in [0.4, 0.5) is 4.39 Å². The summed E-state index contributed by atoms with van der Waals surface area (Å²) < 4.78 is 26.2. The van der Waals surface area contributed by atoms with Crippen molar-refractivity contribution >= 4 is 8.32 Å². The molecule has 180 valence electrons. The third kappa shape index (κ3) is 5.50. The van der Waals surface area contributed by atoms with Crippen molar-refractivity contribution in [3.05, 3.63) is 65.3 Å². The minimum Gasteiger partial charge on any atom is -0.471 e. The Hall–Kier alpha value is -2.71. The Balaban J connectivity index is 1.61. The summed E-state index contributed by atoms with van der Waals surface area (Å²) >= 11 is 0. The highest BCUT2D eigenvalue weighted by molar-refractivity contribution is 6.74. The molecule has 0 bridgehead atoms. The first-order valence-corrected chi connectivity index (χ1v) is 14.7. The van der Waals surface area contributed by atoms with Crippen LogP contribution in [0, 0.1) is 5.82 Å². The van der Waals surface area contributed by atoms with Gasteiger partial charge in [-0.3, -0.25) is 9.97 Å². The smallest absolute Gasteiger partial charge is 0.214 e. The van der Waals surface area contributed by atoms with E-state index in [1.807, 2.05) is 6.07 Å². The predicted molar refractivity (Wildman–Crippen MR) is 132 cm³/mol. The van der Waals surface area contributed by atoms with Gasteiger partial charge in [0.1, 0.15) is 18.1 Å². The van der Waals surface area contributed by atoms with Crippen molar-refractivity contribution in [1.29, 1.82) is 0 Å². The lowest BCUT2D eigenvalue weighted by Crippen LogP contribution is -2.40. The number of aryl methyl sites for hydroxylation is 1. The zero-order chi connectivity index (χ0) is 24.3. The number of hydrogen-bond acceptors (Lipinski definition) is 6. The van der Waals surface area contributed by atoms with E-state index in [-0.39, 0.29) is 23.2 Å². The maximum atomic E-state index is 14.0. The van der Waals surface area contributed by atoms with Crippen LogP contribution in [-0.4, -0.2) is 28.3 Å². The second-order valence-corrected chi connectivity index (χ2v) is 15.1. The van der Waals surface area contributed by atoms with E-state index < -0.39 is 8.32 Å². The molecule has 3 aromatic heterocycles. The Labute approximate surface area is 202 Å². The van der Waals surface area contributed by atoms with Crippen LogP contribution in [0.2, 0.25) is 18.1 Å². The first-order chi connectivity index (χ1) is 16.1. The monoisotopic (exact) mass is 480 g/mol. The minimum atomic E-state index is -1.90. The Morgan fingerprint density at radius 3 is 2.62 bits per heavy atom. The molecule has 34 heavy (non-hydrogen) atoms. The average Bonchev–Trinajstić information content (AvgIpc) is 2.81. The summed E-state index contributed by atoms with van der Waals surface area (Å²) in [6, 6.07) is 4.84. The van der Waals surface area contributed by atoms with Gasteiger partial charge in [-0.15, -0.1) is 0 Å². The highest BCUT2D eigenvalue weighted by atomic mass is 28.4. The van der Waals surface area contributed by atoms with Crippen LogP contribution in [0.25, 0.3) is 11.3 Å². The lowest BCUT2D eigenvalue weighted by atomic mass is 9.91. The standard InChI is InChI=1S/C26H33FN4O2Si/c1-26(2,3)34(4,5)33-16-18-14-28-15-23(30-18)20-13-25(31-22-11-7-6-9-19(20)22)32-17-24-21(27)10-8-12-29-24/h8,10,12-15H,6-7,9,11,16-17H2,1-5H3. The molecule has 0 aliphatic heterocycles. The molecule has 0 amide bonds. The van der Waals surface area contributed by atoms with Gasteiger partial charge in [0.2, 0.25) is 5.88 Å². The number of ether oxygens (including phenoxy) is 1. The summed E-state index contributed by atoms with van der Waals surface area (Å²) in [5, 5.41) is 0.127. The summed E-state index contributed by atoms with van der Waals surface area (Å²) in [5.41, 5.74) is 5.04. The fourth-order valence-corrected chi connectivity index (χ4v) is 4.67. The lowest BCUT2D eigenvalue weighted by Gasteiger charge is -2.36. The fraction of sp³-hybridized carbons (Fsp3) is 0.462. The molecule has 0 atom stereocenters. The van der Waals surface area contributed by atoms with Gasteiger partial charge in [0.25, 0.3) is 0 Å². The molecular formula is C26H33FN4O2Si. The number of nitrogens with zero attached hydrogens (tertiary/aromatic N) is 4. The second-order valence-electron chi connectivity index (χ2n) is 10.3. The number of aromatic nitrogens is 4. The van der Waals surface area contributed by atoms with E-state index in [1.54, 1.807) is 24.7 Å². The first kappa shape index (κ1) is 24.4. The number of pyridine rings is 2. The van der Waals surface area contributed by atoms with Crippen LogP contribution in [0.3, 0.4) is 0 Å². The summed E-state index contributed by atoms with van der Waals surface area (Å²) in [4.78, 5) is 18.1. The molecule has 0 spiro atoms. The Bertz CT molecular complexity index is 1160. The van der Waals surface area contributed by atoms with E-state index >= 15 is 0 Å². The van der Waals surface area contributed by atoms with Crippen molar-refractivity contribution in [2.75, 3.05) is 0 Å². The molecule has 1 aliphatic rings. The van der Waals surface area contributed by atoms with Crippen molar-refractivity contribution < 1.29 is 13.6 Å². The van der Waals surface area contributed by atoms with Gasteiger partial charge < -0.3 is 9.16 Å². The molecule has 6 nitrogen and oxygen atoms in total. The molecule has 0 unspecified atom stereocenters. The van der Waals surface area contributed by atoms with Crippen LogP contribution in [0.15, 0.2) is 36.8 Å². The second kappa shape index (κ2) is 9.88. The van der Waals surface area contributed by atoms with E-state index in [2.05, 4.69) is 43.8 Å². The largest absolute Gasteiger partial charge is 0.471 e. The van der Waals surface area contributed by atoms with Crippen molar-refractivity contribution in [1.82, 2.24) is 19.9 Å². The van der Waals surface area contributed by atoms with E-state index in [9.17, 15) is 4.39 Å². The molecule has 4 rings (SSSR count). The van der Waals surface area contributed by atoms with Gasteiger partial charge in [0.05, 0.1) is 30.4 Å². The van der Waals surface area contributed by atoms with Crippen LogP contribution in [0.5, 0.6) is 5.88 Å². The van der Waals surface area contributed by atoms with Crippen LogP contribution < -0.4 is 4.74 Å². The maximum absolute atomic E-state index is 14.0. The number of halogens is 1. The third-order valence-corrected chi connectivity index (χ3v) is 11.3. The molecule has 3 aromatic rings. The highest BCUT2D eigenvalue weighted by Crippen LogP contribution is 2.37. The van der Waals surface area contributed by atoms with Crippen LogP contribution in [-0.2, 0) is 30.5 Å². The molecule has 0 saturated carbocycles. The summed E-state index contributed by atoms with van der Waals surface area (Å²) in [7, 11) is -1.90. The van der Waals surface area contributed by atoms with Gasteiger partial charge in [-0.05, 0) is 61.5 Å². The number of rotatable bonds is 7. The summed E-state index contributed by atoms with van der Waals surface area (Å²) in [6.07, 6.45) is 9.14. The van der Waals surface area contributed by atoms with E-state index in [0.717, 1.165) is 48.3 Å². The SMILES string of the molecule is CC(C)(C)[Si](C)(C)OCc1cncc(-c2cc(OCc3ncccc3F)nc3c2CCCC3)n1. The number of hydrogen-bond donors (Lipinski definition) is 0.